The number of ether oxygens (including phenoxy) is 2. The monoisotopic (exact) mass is 443 g/mol. The van der Waals surface area contributed by atoms with Crippen molar-refractivity contribution in [1.29, 1.82) is 0 Å². The van der Waals surface area contributed by atoms with Crippen molar-refractivity contribution >= 4 is 26.8 Å². The highest BCUT2D eigenvalue weighted by atomic mass is 79.9. The summed E-state index contributed by atoms with van der Waals surface area (Å²) in [6.07, 6.45) is -0.960. The lowest BCUT2D eigenvalue weighted by molar-refractivity contribution is 0.0227. The zero-order chi connectivity index (χ0) is 20.1. The molecule has 1 aliphatic rings. The molecule has 1 aliphatic heterocycles. The Kier molecular flexibility index (Phi) is 4.71. The van der Waals surface area contributed by atoms with E-state index in [1.54, 1.807) is 11.7 Å². The minimum Gasteiger partial charge on any atom is -0.497 e. The van der Waals surface area contributed by atoms with Crippen LogP contribution < -0.4 is 15.0 Å². The first-order chi connectivity index (χ1) is 13.3. The molecule has 2 heterocycles. The SMILES string of the molecule is COc1ccc(Cn2c(=O)c3c(c4ccccc42)OC(C)(C)C(Br)C3O)cc1. The fourth-order valence-electron chi connectivity index (χ4n) is 3.69. The molecule has 1 aromatic heterocycles. The molecule has 0 aliphatic carbocycles. The summed E-state index contributed by atoms with van der Waals surface area (Å²) < 4.78 is 13.1. The first kappa shape index (κ1) is 19.0. The van der Waals surface area contributed by atoms with Gasteiger partial charge in [0.1, 0.15) is 23.2 Å². The van der Waals surface area contributed by atoms with Gasteiger partial charge in [0.15, 0.2) is 0 Å². The molecule has 28 heavy (non-hydrogen) atoms. The molecular formula is C22H22BrNO4. The number of benzene rings is 2. The second kappa shape index (κ2) is 6.94. The minimum absolute atomic E-state index is 0.239. The van der Waals surface area contributed by atoms with Gasteiger partial charge in [-0.15, -0.1) is 0 Å². The Bertz CT molecular complexity index is 1090. The third kappa shape index (κ3) is 3.01. The van der Waals surface area contributed by atoms with Crippen LogP contribution in [0.4, 0.5) is 0 Å². The van der Waals surface area contributed by atoms with E-state index in [0.29, 0.717) is 17.9 Å². The van der Waals surface area contributed by atoms with Gasteiger partial charge in [-0.2, -0.15) is 0 Å². The maximum Gasteiger partial charge on any atom is 0.260 e. The number of nitrogens with zero attached hydrogens (tertiary/aromatic N) is 1. The van der Waals surface area contributed by atoms with Crippen LogP contribution in [0.1, 0.15) is 31.1 Å². The number of para-hydroxylation sites is 1. The molecule has 2 unspecified atom stereocenters. The molecule has 0 spiro atoms. The van der Waals surface area contributed by atoms with Crippen LogP contribution >= 0.6 is 15.9 Å². The fraction of sp³-hybridized carbons (Fsp3) is 0.318. The second-order valence-corrected chi connectivity index (χ2v) is 8.54. The number of halogens is 1. The van der Waals surface area contributed by atoms with Crippen molar-refractivity contribution < 1.29 is 14.6 Å². The van der Waals surface area contributed by atoms with Gasteiger partial charge in [-0.25, -0.2) is 0 Å². The van der Waals surface area contributed by atoms with Gasteiger partial charge < -0.3 is 19.1 Å². The van der Waals surface area contributed by atoms with E-state index in [1.165, 1.54) is 0 Å². The summed E-state index contributed by atoms with van der Waals surface area (Å²) in [5.74, 6) is 1.24. The van der Waals surface area contributed by atoms with Crippen LogP contribution in [0.5, 0.6) is 11.5 Å². The predicted molar refractivity (Wildman–Crippen MR) is 113 cm³/mol. The number of alkyl halides is 1. The summed E-state index contributed by atoms with van der Waals surface area (Å²) >= 11 is 3.51. The first-order valence-corrected chi connectivity index (χ1v) is 10.0. The minimum atomic E-state index is -0.960. The average Bonchev–Trinajstić information content (AvgIpc) is 2.69. The molecule has 0 amide bonds. The number of hydrogen-bond acceptors (Lipinski definition) is 4. The van der Waals surface area contributed by atoms with E-state index in [-0.39, 0.29) is 5.56 Å². The molecule has 0 fully saturated rings. The molecule has 3 aromatic rings. The molecule has 146 valence electrons. The van der Waals surface area contributed by atoms with Gasteiger partial charge in [0.05, 0.1) is 29.6 Å². The van der Waals surface area contributed by atoms with E-state index in [4.69, 9.17) is 9.47 Å². The Morgan fingerprint density at radius 3 is 2.54 bits per heavy atom. The third-order valence-corrected chi connectivity index (χ3v) is 6.86. The zero-order valence-corrected chi connectivity index (χ0v) is 17.6. The molecule has 0 bridgehead atoms. The van der Waals surface area contributed by atoms with Gasteiger partial charge >= 0.3 is 0 Å². The normalized spacial score (nSPS) is 20.5. The van der Waals surface area contributed by atoms with Crippen molar-refractivity contribution in [1.82, 2.24) is 4.57 Å². The molecule has 2 aromatic carbocycles. The van der Waals surface area contributed by atoms with Crippen LogP contribution in [0, 0.1) is 0 Å². The van der Waals surface area contributed by atoms with E-state index in [1.807, 2.05) is 62.4 Å². The Morgan fingerprint density at radius 2 is 1.86 bits per heavy atom. The van der Waals surface area contributed by atoms with Crippen LogP contribution in [0.3, 0.4) is 0 Å². The molecule has 0 radical (unpaired) electrons. The highest BCUT2D eigenvalue weighted by Gasteiger charge is 2.44. The number of pyridine rings is 1. The molecule has 4 rings (SSSR count). The third-order valence-electron chi connectivity index (χ3n) is 5.26. The maximum atomic E-state index is 13.4. The lowest BCUT2D eigenvalue weighted by Crippen LogP contribution is -2.48. The number of methoxy groups -OCH3 is 1. The molecule has 5 nitrogen and oxygen atoms in total. The number of rotatable bonds is 3. The molecule has 2 atom stereocenters. The molecular weight excluding hydrogens is 422 g/mol. The Labute approximate surface area is 171 Å². The zero-order valence-electron chi connectivity index (χ0n) is 16.0. The Morgan fingerprint density at radius 1 is 1.18 bits per heavy atom. The molecule has 6 heteroatoms. The smallest absolute Gasteiger partial charge is 0.260 e. The standard InChI is InChI=1S/C22H22BrNO4/c1-22(2)20(23)18(25)17-19(28-22)15-6-4-5-7-16(15)24(21(17)26)12-13-8-10-14(27-3)11-9-13/h4-11,18,20,25H,12H2,1-3H3. The lowest BCUT2D eigenvalue weighted by Gasteiger charge is -2.40. The topological polar surface area (TPSA) is 60.7 Å². The van der Waals surface area contributed by atoms with Gasteiger partial charge in [-0.1, -0.05) is 40.2 Å². The summed E-state index contributed by atoms with van der Waals surface area (Å²) in [5, 5.41) is 11.7. The summed E-state index contributed by atoms with van der Waals surface area (Å²) in [5.41, 5.74) is 1.16. The average molecular weight is 444 g/mol. The molecule has 1 N–H and O–H groups in total. The molecule has 0 saturated heterocycles. The van der Waals surface area contributed by atoms with Crippen LogP contribution in [-0.2, 0) is 6.54 Å². The summed E-state index contributed by atoms with van der Waals surface area (Å²) in [6, 6.07) is 15.3. The quantitative estimate of drug-likeness (QED) is 0.620. The van der Waals surface area contributed by atoms with E-state index in [2.05, 4.69) is 15.9 Å². The highest BCUT2D eigenvalue weighted by molar-refractivity contribution is 9.09. The lowest BCUT2D eigenvalue weighted by atomic mass is 9.91. The van der Waals surface area contributed by atoms with E-state index in [0.717, 1.165) is 22.2 Å². The summed E-state index contributed by atoms with van der Waals surface area (Å²) in [6.45, 7) is 4.19. The first-order valence-electron chi connectivity index (χ1n) is 9.13. The van der Waals surface area contributed by atoms with Crippen molar-refractivity contribution in [3.8, 4) is 11.5 Å². The van der Waals surface area contributed by atoms with Gasteiger partial charge in [-0.3, -0.25) is 4.79 Å². The van der Waals surface area contributed by atoms with Crippen molar-refractivity contribution in [2.24, 2.45) is 0 Å². The number of aliphatic hydroxyl groups is 1. The van der Waals surface area contributed by atoms with Crippen molar-refractivity contribution in [3.63, 3.8) is 0 Å². The maximum absolute atomic E-state index is 13.4. The number of fused-ring (bicyclic) bond motifs is 3. The van der Waals surface area contributed by atoms with Crippen LogP contribution in [0.15, 0.2) is 53.3 Å². The van der Waals surface area contributed by atoms with Crippen LogP contribution in [-0.4, -0.2) is 27.2 Å². The van der Waals surface area contributed by atoms with E-state index < -0.39 is 16.5 Å². The number of hydrogen-bond donors (Lipinski definition) is 1. The highest BCUT2D eigenvalue weighted by Crippen LogP contribution is 2.44. The summed E-state index contributed by atoms with van der Waals surface area (Å²) in [4.78, 5) is 13.0. The Hall–Kier alpha value is -2.31. The van der Waals surface area contributed by atoms with Crippen molar-refractivity contribution in [2.45, 2.75) is 36.9 Å². The van der Waals surface area contributed by atoms with E-state index >= 15 is 0 Å². The predicted octanol–water partition coefficient (Wildman–Crippen LogP) is 4.03. The summed E-state index contributed by atoms with van der Waals surface area (Å²) in [7, 11) is 1.62. The van der Waals surface area contributed by atoms with Crippen molar-refractivity contribution in [3.05, 3.63) is 70.0 Å². The van der Waals surface area contributed by atoms with Crippen LogP contribution in [0.25, 0.3) is 10.9 Å². The van der Waals surface area contributed by atoms with Crippen LogP contribution in [0.2, 0.25) is 0 Å². The van der Waals surface area contributed by atoms with Crippen molar-refractivity contribution in [2.75, 3.05) is 7.11 Å². The van der Waals surface area contributed by atoms with Gasteiger partial charge in [0.25, 0.3) is 5.56 Å². The fourth-order valence-corrected chi connectivity index (χ4v) is 4.04. The second-order valence-electron chi connectivity index (χ2n) is 7.55. The van der Waals surface area contributed by atoms with Gasteiger partial charge in [0.2, 0.25) is 0 Å². The Balaban J connectivity index is 1.93. The number of aromatic nitrogens is 1. The van der Waals surface area contributed by atoms with E-state index in [9.17, 15) is 9.90 Å². The number of aliphatic hydroxyl groups excluding tert-OH is 1. The molecule has 0 saturated carbocycles. The van der Waals surface area contributed by atoms with Gasteiger partial charge in [0, 0.05) is 5.39 Å². The largest absolute Gasteiger partial charge is 0.497 e. The van der Waals surface area contributed by atoms with Gasteiger partial charge in [-0.05, 0) is 43.7 Å².